The van der Waals surface area contributed by atoms with Crippen LogP contribution in [0, 0.1) is 0 Å². The number of hydrogen-bond donors (Lipinski definition) is 3. The number of carboxylic acid groups (broad SMARTS) is 1. The van der Waals surface area contributed by atoms with E-state index in [4.69, 9.17) is 5.11 Å². The summed E-state index contributed by atoms with van der Waals surface area (Å²) in [5.41, 5.74) is 0.829. The van der Waals surface area contributed by atoms with Crippen molar-refractivity contribution in [2.24, 2.45) is 0 Å². The van der Waals surface area contributed by atoms with Gasteiger partial charge in [-0.15, -0.1) is 0 Å². The molecule has 0 saturated heterocycles. The molecule has 19 heavy (non-hydrogen) atoms. The molecule has 0 fully saturated rings. The molecule has 1 amide bonds. The van der Waals surface area contributed by atoms with Gasteiger partial charge in [0.25, 0.3) is 5.91 Å². The number of rotatable bonds is 5. The van der Waals surface area contributed by atoms with Gasteiger partial charge in [-0.05, 0) is 0 Å². The first-order valence-corrected chi connectivity index (χ1v) is 5.42. The van der Waals surface area contributed by atoms with Gasteiger partial charge in [0.1, 0.15) is 12.4 Å². The lowest BCUT2D eigenvalue weighted by molar-refractivity contribution is -0.139. The highest BCUT2D eigenvalue weighted by Crippen LogP contribution is 2.01. The first kappa shape index (κ1) is 12.7. The number of hydrogen-bond acceptors (Lipinski definition) is 5. The van der Waals surface area contributed by atoms with Crippen molar-refractivity contribution in [2.45, 2.75) is 12.5 Å². The summed E-state index contributed by atoms with van der Waals surface area (Å²) in [4.78, 5) is 36.9. The molecule has 0 aliphatic rings. The Morgan fingerprint density at radius 2 is 2.00 bits per heavy atom. The Balaban J connectivity index is 2.05. The molecule has 2 aromatic heterocycles. The molecule has 1 atom stereocenters. The molecule has 3 N–H and O–H groups in total. The van der Waals surface area contributed by atoms with E-state index in [-0.39, 0.29) is 12.0 Å². The number of aromatic amines is 1. The van der Waals surface area contributed by atoms with Gasteiger partial charge < -0.3 is 15.4 Å². The van der Waals surface area contributed by atoms with Crippen molar-refractivity contribution in [2.75, 3.05) is 0 Å². The number of H-pyrrole nitrogens is 1. The molecule has 0 bridgehead atoms. The molecule has 0 unspecified atom stereocenters. The van der Waals surface area contributed by atoms with Crippen LogP contribution in [0.15, 0.2) is 31.2 Å². The van der Waals surface area contributed by atoms with Crippen LogP contribution in [0.4, 0.5) is 0 Å². The summed E-state index contributed by atoms with van der Waals surface area (Å²) in [6.07, 6.45) is 6.99. The summed E-state index contributed by atoms with van der Waals surface area (Å²) < 4.78 is 0. The molecule has 0 saturated carbocycles. The van der Waals surface area contributed by atoms with E-state index in [1.165, 1.54) is 31.2 Å². The maximum absolute atomic E-state index is 11.8. The summed E-state index contributed by atoms with van der Waals surface area (Å²) in [5.74, 6) is -1.66. The van der Waals surface area contributed by atoms with Crippen LogP contribution in [-0.2, 0) is 11.2 Å². The summed E-state index contributed by atoms with van der Waals surface area (Å²) in [6, 6.07) is -1.05. The molecule has 8 nitrogen and oxygen atoms in total. The van der Waals surface area contributed by atoms with Crippen LogP contribution in [0.3, 0.4) is 0 Å². The van der Waals surface area contributed by atoms with Crippen LogP contribution in [0.1, 0.15) is 16.1 Å². The summed E-state index contributed by atoms with van der Waals surface area (Å²) in [7, 11) is 0. The van der Waals surface area contributed by atoms with E-state index in [0.29, 0.717) is 5.69 Å². The van der Waals surface area contributed by atoms with E-state index in [9.17, 15) is 9.59 Å². The minimum absolute atomic E-state index is 0.120. The number of amides is 1. The number of carbonyl (C=O) groups is 2. The Hall–Kier alpha value is -2.77. The fraction of sp³-hybridized carbons (Fsp3) is 0.182. The number of imidazole rings is 1. The van der Waals surface area contributed by atoms with Crippen molar-refractivity contribution in [3.63, 3.8) is 0 Å². The molecular weight excluding hydrogens is 250 g/mol. The lowest BCUT2D eigenvalue weighted by Gasteiger charge is -2.13. The smallest absolute Gasteiger partial charge is 0.326 e. The van der Waals surface area contributed by atoms with E-state index in [0.717, 1.165) is 0 Å². The lowest BCUT2D eigenvalue weighted by atomic mass is 10.1. The van der Waals surface area contributed by atoms with Crippen LogP contribution in [-0.4, -0.2) is 43.0 Å². The maximum Gasteiger partial charge on any atom is 0.326 e. The lowest BCUT2D eigenvalue weighted by Crippen LogP contribution is -2.42. The molecule has 2 heterocycles. The molecule has 0 radical (unpaired) electrons. The normalized spacial score (nSPS) is 11.8. The zero-order valence-electron chi connectivity index (χ0n) is 9.78. The van der Waals surface area contributed by atoms with Crippen molar-refractivity contribution in [1.29, 1.82) is 0 Å². The molecule has 0 aliphatic heterocycles. The number of aromatic nitrogens is 4. The van der Waals surface area contributed by atoms with Crippen LogP contribution in [0.25, 0.3) is 0 Å². The van der Waals surface area contributed by atoms with Crippen LogP contribution < -0.4 is 5.32 Å². The predicted octanol–water partition coefficient (Wildman–Crippen LogP) is -0.375. The van der Waals surface area contributed by atoms with Gasteiger partial charge in [-0.2, -0.15) is 0 Å². The Kier molecular flexibility index (Phi) is 3.81. The van der Waals surface area contributed by atoms with E-state index >= 15 is 0 Å². The average Bonchev–Trinajstić information content (AvgIpc) is 2.91. The third-order valence-electron chi connectivity index (χ3n) is 2.41. The highest BCUT2D eigenvalue weighted by atomic mass is 16.4. The molecule has 0 aromatic carbocycles. The summed E-state index contributed by atoms with van der Waals surface area (Å²) in [5, 5.41) is 11.5. The standard InChI is InChI=1S/C11H11N5O3/c17-10(7-2-12-5-13-3-7)16-9(11(18)19)1-8-4-14-6-15-8/h2-6,9H,1H2,(H,14,15)(H,16,17)(H,18,19)/t9-/m1/s1. The van der Waals surface area contributed by atoms with Crippen molar-refractivity contribution in [3.05, 3.63) is 42.5 Å². The second kappa shape index (κ2) is 5.71. The molecule has 2 rings (SSSR count). The Labute approximate surface area is 107 Å². The molecular formula is C11H11N5O3. The van der Waals surface area contributed by atoms with Gasteiger partial charge in [0.15, 0.2) is 0 Å². The van der Waals surface area contributed by atoms with E-state index < -0.39 is 17.9 Å². The zero-order valence-corrected chi connectivity index (χ0v) is 9.78. The highest BCUT2D eigenvalue weighted by Gasteiger charge is 2.21. The van der Waals surface area contributed by atoms with E-state index in [1.807, 2.05) is 0 Å². The maximum atomic E-state index is 11.8. The average molecular weight is 261 g/mol. The minimum Gasteiger partial charge on any atom is -0.480 e. The van der Waals surface area contributed by atoms with Gasteiger partial charge >= 0.3 is 5.97 Å². The largest absolute Gasteiger partial charge is 0.480 e. The van der Waals surface area contributed by atoms with Crippen LogP contribution in [0.2, 0.25) is 0 Å². The Bertz CT molecular complexity index is 555. The van der Waals surface area contributed by atoms with Gasteiger partial charge in [0, 0.05) is 30.7 Å². The Morgan fingerprint density at radius 3 is 2.58 bits per heavy atom. The quantitative estimate of drug-likeness (QED) is 0.675. The molecule has 98 valence electrons. The van der Waals surface area contributed by atoms with Gasteiger partial charge in [0.05, 0.1) is 11.9 Å². The van der Waals surface area contributed by atoms with Crippen LogP contribution >= 0.6 is 0 Å². The van der Waals surface area contributed by atoms with E-state index in [1.54, 1.807) is 0 Å². The molecule has 0 aliphatic carbocycles. The minimum atomic E-state index is -1.13. The van der Waals surface area contributed by atoms with Gasteiger partial charge in [-0.25, -0.2) is 19.7 Å². The van der Waals surface area contributed by atoms with Gasteiger partial charge in [-0.3, -0.25) is 4.79 Å². The predicted molar refractivity (Wildman–Crippen MR) is 63.2 cm³/mol. The topological polar surface area (TPSA) is 121 Å². The van der Waals surface area contributed by atoms with Crippen molar-refractivity contribution < 1.29 is 14.7 Å². The van der Waals surface area contributed by atoms with Crippen LogP contribution in [0.5, 0.6) is 0 Å². The third kappa shape index (κ3) is 3.35. The SMILES string of the molecule is O=C(N[C@H](Cc1cnc[nH]1)C(=O)O)c1cncnc1. The van der Waals surface area contributed by atoms with Crippen molar-refractivity contribution in [1.82, 2.24) is 25.3 Å². The first-order valence-electron chi connectivity index (χ1n) is 5.42. The zero-order chi connectivity index (χ0) is 13.7. The highest BCUT2D eigenvalue weighted by molar-refractivity contribution is 5.96. The second-order valence-corrected chi connectivity index (χ2v) is 3.77. The van der Waals surface area contributed by atoms with Crippen molar-refractivity contribution in [3.8, 4) is 0 Å². The third-order valence-corrected chi connectivity index (χ3v) is 2.41. The van der Waals surface area contributed by atoms with Gasteiger partial charge in [0.2, 0.25) is 0 Å². The number of carbonyl (C=O) groups excluding carboxylic acids is 1. The summed E-state index contributed by atoms with van der Waals surface area (Å²) in [6.45, 7) is 0. The van der Waals surface area contributed by atoms with Gasteiger partial charge in [-0.1, -0.05) is 0 Å². The second-order valence-electron chi connectivity index (χ2n) is 3.77. The molecule has 8 heteroatoms. The fourth-order valence-corrected chi connectivity index (χ4v) is 1.47. The Morgan fingerprint density at radius 1 is 1.26 bits per heavy atom. The number of aliphatic carboxylic acids is 1. The monoisotopic (exact) mass is 261 g/mol. The summed E-state index contributed by atoms with van der Waals surface area (Å²) >= 11 is 0. The van der Waals surface area contributed by atoms with Crippen molar-refractivity contribution >= 4 is 11.9 Å². The number of carboxylic acids is 1. The molecule has 2 aromatic rings. The van der Waals surface area contributed by atoms with E-state index in [2.05, 4.69) is 25.3 Å². The first-order chi connectivity index (χ1) is 9.16. The number of nitrogens with one attached hydrogen (secondary N) is 2. The number of nitrogens with zero attached hydrogens (tertiary/aromatic N) is 3. The fourth-order valence-electron chi connectivity index (χ4n) is 1.47. The molecule has 0 spiro atoms.